The second-order valence-corrected chi connectivity index (χ2v) is 7.54. The van der Waals surface area contributed by atoms with Gasteiger partial charge in [0.1, 0.15) is 10.1 Å². The van der Waals surface area contributed by atoms with E-state index in [1.54, 1.807) is 7.11 Å². The fourth-order valence-corrected chi connectivity index (χ4v) is 3.39. The number of hydrogen-bond acceptors (Lipinski definition) is 3. The second kappa shape index (κ2) is 6.17. The lowest BCUT2D eigenvalue weighted by Gasteiger charge is -2.33. The minimum atomic E-state index is -0.827. The van der Waals surface area contributed by atoms with Crippen LogP contribution in [0.2, 0.25) is 0 Å². The number of rotatable bonds is 4. The number of likely N-dealkylation sites (tertiary alicyclic amines) is 1. The van der Waals surface area contributed by atoms with Gasteiger partial charge < -0.3 is 15.0 Å². The molecule has 1 aromatic rings. The average Bonchev–Trinajstić information content (AvgIpc) is 3.16. The first-order valence-electron chi connectivity index (χ1n) is 7.57. The number of halogens is 2. The summed E-state index contributed by atoms with van der Waals surface area (Å²) in [4.78, 5) is 14.1. The van der Waals surface area contributed by atoms with Gasteiger partial charge in [0, 0.05) is 30.9 Å². The second-order valence-electron chi connectivity index (χ2n) is 5.99. The van der Waals surface area contributed by atoms with Crippen molar-refractivity contribution in [3.63, 3.8) is 0 Å². The number of nitrogens with one attached hydrogen (secondary N) is 1. The zero-order chi connectivity index (χ0) is 15.7. The minimum absolute atomic E-state index is 0.102. The molecular formula is C16H20Cl2N2O2. The van der Waals surface area contributed by atoms with E-state index >= 15 is 0 Å². The van der Waals surface area contributed by atoms with Gasteiger partial charge in [0.15, 0.2) is 0 Å². The lowest BCUT2D eigenvalue weighted by molar-refractivity contribution is -0.133. The molecule has 1 amide bonds. The summed E-state index contributed by atoms with van der Waals surface area (Å²) in [6.45, 7) is 1.50. The number of piperidine rings is 1. The quantitative estimate of drug-likeness (QED) is 0.853. The van der Waals surface area contributed by atoms with E-state index in [2.05, 4.69) is 5.32 Å². The Hall–Kier alpha value is -1.13. The zero-order valence-electron chi connectivity index (χ0n) is 12.5. The third kappa shape index (κ3) is 3.44. The highest BCUT2D eigenvalue weighted by molar-refractivity contribution is 6.52. The van der Waals surface area contributed by atoms with E-state index in [0.717, 1.165) is 37.4 Å². The van der Waals surface area contributed by atoms with Crippen LogP contribution < -0.4 is 10.1 Å². The Morgan fingerprint density at radius 3 is 2.64 bits per heavy atom. The Balaban J connectivity index is 1.50. The van der Waals surface area contributed by atoms with Crippen molar-refractivity contribution in [3.05, 3.63) is 24.3 Å². The van der Waals surface area contributed by atoms with Gasteiger partial charge in [0.05, 0.1) is 13.0 Å². The van der Waals surface area contributed by atoms with E-state index in [4.69, 9.17) is 27.9 Å². The molecule has 2 fully saturated rings. The lowest BCUT2D eigenvalue weighted by atomic mass is 10.0. The van der Waals surface area contributed by atoms with Crippen LogP contribution in [-0.2, 0) is 4.79 Å². The van der Waals surface area contributed by atoms with Crippen LogP contribution in [0.4, 0.5) is 5.69 Å². The molecule has 1 aromatic carbocycles. The molecule has 120 valence electrons. The van der Waals surface area contributed by atoms with E-state index in [1.807, 2.05) is 29.2 Å². The fraction of sp³-hybridized carbons (Fsp3) is 0.562. The standard InChI is InChI=1S/C16H20Cl2N2O2/c1-22-13-4-2-3-12(9-13)19-11-5-7-20(8-6-11)15(21)14-10-16(14,17)18/h2-4,9,11,14,19H,5-8,10H2,1H3/t14-/m1/s1. The van der Waals surface area contributed by atoms with Crippen molar-refractivity contribution in [1.29, 1.82) is 0 Å². The first kappa shape index (κ1) is 15.8. The molecule has 0 unspecified atom stereocenters. The Bertz CT molecular complexity index is 557. The van der Waals surface area contributed by atoms with Crippen molar-refractivity contribution in [1.82, 2.24) is 4.90 Å². The number of methoxy groups -OCH3 is 1. The molecule has 0 bridgehead atoms. The summed E-state index contributed by atoms with van der Waals surface area (Å²) in [5, 5.41) is 3.51. The fourth-order valence-electron chi connectivity index (χ4n) is 2.89. The molecular weight excluding hydrogens is 323 g/mol. The van der Waals surface area contributed by atoms with Gasteiger partial charge in [-0.3, -0.25) is 4.79 Å². The van der Waals surface area contributed by atoms with Gasteiger partial charge in [-0.1, -0.05) is 6.07 Å². The zero-order valence-corrected chi connectivity index (χ0v) is 14.0. The number of benzene rings is 1. The van der Waals surface area contributed by atoms with E-state index in [0.29, 0.717) is 12.5 Å². The highest BCUT2D eigenvalue weighted by Crippen LogP contribution is 2.54. The molecule has 4 nitrogen and oxygen atoms in total. The number of anilines is 1. The third-order valence-electron chi connectivity index (χ3n) is 4.37. The summed E-state index contributed by atoms with van der Waals surface area (Å²) in [7, 11) is 1.66. The van der Waals surface area contributed by atoms with Gasteiger partial charge in [-0.2, -0.15) is 0 Å². The van der Waals surface area contributed by atoms with Crippen LogP contribution in [0.5, 0.6) is 5.75 Å². The summed E-state index contributed by atoms with van der Waals surface area (Å²) in [5.74, 6) is 0.732. The van der Waals surface area contributed by atoms with Gasteiger partial charge in [0.25, 0.3) is 0 Å². The van der Waals surface area contributed by atoms with Crippen LogP contribution in [0.3, 0.4) is 0 Å². The highest BCUT2D eigenvalue weighted by Gasteiger charge is 2.57. The maximum absolute atomic E-state index is 12.2. The summed E-state index contributed by atoms with van der Waals surface area (Å²) >= 11 is 12.0. The Labute approximate surface area is 140 Å². The number of alkyl halides is 2. The minimum Gasteiger partial charge on any atom is -0.497 e. The molecule has 0 aromatic heterocycles. The summed E-state index contributed by atoms with van der Waals surface area (Å²) in [6, 6.07) is 8.27. The van der Waals surface area contributed by atoms with Crippen LogP contribution in [0.25, 0.3) is 0 Å². The smallest absolute Gasteiger partial charge is 0.228 e. The molecule has 1 atom stereocenters. The molecule has 0 spiro atoms. The molecule has 22 heavy (non-hydrogen) atoms. The molecule has 1 aliphatic carbocycles. The summed E-state index contributed by atoms with van der Waals surface area (Å²) in [5.41, 5.74) is 1.05. The number of hydrogen-bond donors (Lipinski definition) is 1. The Kier molecular flexibility index (Phi) is 4.42. The molecule has 3 rings (SSSR count). The van der Waals surface area contributed by atoms with Crippen LogP contribution in [0, 0.1) is 5.92 Å². The number of nitrogens with zero attached hydrogens (tertiary/aromatic N) is 1. The number of amides is 1. The van der Waals surface area contributed by atoms with Gasteiger partial charge in [-0.25, -0.2) is 0 Å². The molecule has 1 heterocycles. The highest BCUT2D eigenvalue weighted by atomic mass is 35.5. The van der Waals surface area contributed by atoms with Gasteiger partial charge in [-0.15, -0.1) is 23.2 Å². The van der Waals surface area contributed by atoms with E-state index in [-0.39, 0.29) is 11.8 Å². The molecule has 0 radical (unpaired) electrons. The van der Waals surface area contributed by atoms with E-state index in [1.165, 1.54) is 0 Å². The number of ether oxygens (including phenoxy) is 1. The largest absolute Gasteiger partial charge is 0.497 e. The lowest BCUT2D eigenvalue weighted by Crippen LogP contribution is -2.43. The van der Waals surface area contributed by atoms with Crippen LogP contribution in [-0.4, -0.2) is 41.4 Å². The number of carbonyl (C=O) groups is 1. The van der Waals surface area contributed by atoms with Crippen LogP contribution in [0.1, 0.15) is 19.3 Å². The van der Waals surface area contributed by atoms with E-state index < -0.39 is 4.33 Å². The Morgan fingerprint density at radius 1 is 1.36 bits per heavy atom. The molecule has 1 aliphatic heterocycles. The molecule has 1 saturated heterocycles. The predicted octanol–water partition coefficient (Wildman–Crippen LogP) is 3.29. The van der Waals surface area contributed by atoms with Gasteiger partial charge in [-0.05, 0) is 31.4 Å². The van der Waals surface area contributed by atoms with Crippen molar-refractivity contribution in [2.24, 2.45) is 5.92 Å². The normalized spacial score (nSPS) is 24.0. The van der Waals surface area contributed by atoms with Crippen LogP contribution >= 0.6 is 23.2 Å². The monoisotopic (exact) mass is 342 g/mol. The molecule has 6 heteroatoms. The third-order valence-corrected chi connectivity index (χ3v) is 5.21. The Morgan fingerprint density at radius 2 is 2.05 bits per heavy atom. The van der Waals surface area contributed by atoms with Crippen molar-refractivity contribution in [2.45, 2.75) is 29.6 Å². The molecule has 1 N–H and O–H groups in total. The molecule has 2 aliphatic rings. The first-order valence-corrected chi connectivity index (χ1v) is 8.32. The average molecular weight is 343 g/mol. The predicted molar refractivity (Wildman–Crippen MR) is 88.8 cm³/mol. The summed E-state index contributed by atoms with van der Waals surface area (Å²) in [6.07, 6.45) is 2.43. The van der Waals surface area contributed by atoms with Gasteiger partial charge in [0.2, 0.25) is 5.91 Å². The SMILES string of the molecule is COc1cccc(NC2CCN(C(=O)[C@H]3CC3(Cl)Cl)CC2)c1. The number of carbonyl (C=O) groups excluding carboxylic acids is 1. The molecule has 1 saturated carbocycles. The van der Waals surface area contributed by atoms with Crippen molar-refractivity contribution >= 4 is 34.8 Å². The van der Waals surface area contributed by atoms with Crippen molar-refractivity contribution in [3.8, 4) is 5.75 Å². The van der Waals surface area contributed by atoms with Crippen LogP contribution in [0.15, 0.2) is 24.3 Å². The first-order chi connectivity index (χ1) is 10.5. The van der Waals surface area contributed by atoms with Crippen molar-refractivity contribution in [2.75, 3.05) is 25.5 Å². The summed E-state index contributed by atoms with van der Waals surface area (Å²) < 4.78 is 4.40. The van der Waals surface area contributed by atoms with E-state index in [9.17, 15) is 4.79 Å². The van der Waals surface area contributed by atoms with Crippen molar-refractivity contribution < 1.29 is 9.53 Å². The maximum atomic E-state index is 12.2. The van der Waals surface area contributed by atoms with Gasteiger partial charge >= 0.3 is 0 Å². The maximum Gasteiger partial charge on any atom is 0.228 e. The topological polar surface area (TPSA) is 41.6 Å².